The second-order valence-corrected chi connectivity index (χ2v) is 4.51. The first-order valence-corrected chi connectivity index (χ1v) is 5.66. The predicted octanol–water partition coefficient (Wildman–Crippen LogP) is 5.02. The molecule has 1 nitrogen and oxygen atoms in total. The molecule has 2 rings (SSSR count). The fourth-order valence-corrected chi connectivity index (χ4v) is 2.13. The maximum atomic E-state index is 9.82. The predicted molar refractivity (Wildman–Crippen MR) is 68.6 cm³/mol. The molecule has 82 valence electrons. The lowest BCUT2D eigenvalue weighted by molar-refractivity contribution is 0.477. The van der Waals surface area contributed by atoms with E-state index in [-0.39, 0.29) is 5.75 Å². The minimum Gasteiger partial charge on any atom is -0.506 e. The Hall–Kier alpha value is -0.890. The van der Waals surface area contributed by atoms with Gasteiger partial charge in [-0.25, -0.2) is 0 Å². The second-order valence-electron chi connectivity index (χ2n) is 3.26. The summed E-state index contributed by atoms with van der Waals surface area (Å²) in [7, 11) is 0. The Morgan fingerprint density at radius 2 is 1.56 bits per heavy atom. The Labute approximate surface area is 108 Å². The molecule has 2 aromatic rings. The van der Waals surface area contributed by atoms with Crippen LogP contribution < -0.4 is 0 Å². The van der Waals surface area contributed by atoms with E-state index < -0.39 is 0 Å². The summed E-state index contributed by atoms with van der Waals surface area (Å²) in [5.41, 5.74) is 1.29. The summed E-state index contributed by atoms with van der Waals surface area (Å²) in [6.45, 7) is 0. The number of halogens is 3. The van der Waals surface area contributed by atoms with Gasteiger partial charge in [-0.1, -0.05) is 53.0 Å². The Balaban J connectivity index is 2.63. The van der Waals surface area contributed by atoms with E-state index in [2.05, 4.69) is 0 Å². The van der Waals surface area contributed by atoms with Crippen molar-refractivity contribution < 1.29 is 5.11 Å². The first kappa shape index (κ1) is 11.6. The van der Waals surface area contributed by atoms with Gasteiger partial charge < -0.3 is 5.11 Å². The summed E-state index contributed by atoms with van der Waals surface area (Å²) < 4.78 is 0. The zero-order chi connectivity index (χ0) is 11.7. The molecule has 0 saturated heterocycles. The second kappa shape index (κ2) is 4.54. The third-order valence-electron chi connectivity index (χ3n) is 2.21. The maximum absolute atomic E-state index is 9.82. The third-order valence-corrected chi connectivity index (χ3v) is 3.06. The fourth-order valence-electron chi connectivity index (χ4n) is 1.44. The molecule has 0 radical (unpaired) electrons. The van der Waals surface area contributed by atoms with Gasteiger partial charge in [0.05, 0.1) is 10.0 Å². The minimum absolute atomic E-state index is 0.0217. The molecule has 0 aliphatic rings. The van der Waals surface area contributed by atoms with E-state index in [1.807, 2.05) is 0 Å². The number of hydrogen-bond acceptors (Lipinski definition) is 1. The van der Waals surface area contributed by atoms with Crippen LogP contribution in [0.15, 0.2) is 36.4 Å². The molecule has 0 amide bonds. The number of benzene rings is 2. The molecule has 0 heterocycles. The van der Waals surface area contributed by atoms with Crippen molar-refractivity contribution in [2.45, 2.75) is 0 Å². The van der Waals surface area contributed by atoms with Crippen molar-refractivity contribution in [3.63, 3.8) is 0 Å². The highest BCUT2D eigenvalue weighted by Gasteiger charge is 2.10. The van der Waals surface area contributed by atoms with Crippen LogP contribution in [0.25, 0.3) is 11.1 Å². The van der Waals surface area contributed by atoms with E-state index in [4.69, 9.17) is 34.8 Å². The lowest BCUT2D eigenvalue weighted by Gasteiger charge is -2.08. The van der Waals surface area contributed by atoms with Crippen molar-refractivity contribution in [1.82, 2.24) is 0 Å². The van der Waals surface area contributed by atoms with Gasteiger partial charge >= 0.3 is 0 Å². The van der Waals surface area contributed by atoms with Crippen molar-refractivity contribution >= 4 is 34.8 Å². The van der Waals surface area contributed by atoms with E-state index in [1.165, 1.54) is 0 Å². The van der Waals surface area contributed by atoms with Crippen molar-refractivity contribution in [2.75, 3.05) is 0 Å². The van der Waals surface area contributed by atoms with Gasteiger partial charge in [0.1, 0.15) is 5.75 Å². The van der Waals surface area contributed by atoms with Gasteiger partial charge in [-0.2, -0.15) is 0 Å². The van der Waals surface area contributed by atoms with E-state index in [0.717, 1.165) is 0 Å². The molecule has 0 aliphatic carbocycles. The molecule has 0 unspecified atom stereocenters. The number of para-hydroxylation sites is 1. The highest BCUT2D eigenvalue weighted by Crippen LogP contribution is 2.38. The van der Waals surface area contributed by atoms with Crippen LogP contribution in [0.5, 0.6) is 5.75 Å². The molecule has 0 atom stereocenters. The molecular weight excluding hydrogens is 266 g/mol. The quantitative estimate of drug-likeness (QED) is 0.773. The monoisotopic (exact) mass is 272 g/mol. The van der Waals surface area contributed by atoms with Crippen LogP contribution in [-0.2, 0) is 0 Å². The summed E-state index contributed by atoms with van der Waals surface area (Å²) in [4.78, 5) is 0. The summed E-state index contributed by atoms with van der Waals surface area (Å²) in [6, 6.07) is 10.2. The molecule has 1 N–H and O–H groups in total. The van der Waals surface area contributed by atoms with Crippen LogP contribution in [0.1, 0.15) is 0 Å². The smallest absolute Gasteiger partial charge is 0.142 e. The van der Waals surface area contributed by atoms with Crippen LogP contribution in [0.4, 0.5) is 0 Å². The topological polar surface area (TPSA) is 20.2 Å². The van der Waals surface area contributed by atoms with E-state index in [9.17, 15) is 5.11 Å². The molecule has 4 heteroatoms. The van der Waals surface area contributed by atoms with Gasteiger partial charge in [0.2, 0.25) is 0 Å². The number of aromatic hydroxyl groups is 1. The van der Waals surface area contributed by atoms with Gasteiger partial charge in [0.15, 0.2) is 0 Å². The molecule has 0 saturated carbocycles. The van der Waals surface area contributed by atoms with Crippen molar-refractivity contribution in [1.29, 1.82) is 0 Å². The molecule has 0 bridgehead atoms. The lowest BCUT2D eigenvalue weighted by atomic mass is 10.0. The summed E-state index contributed by atoms with van der Waals surface area (Å²) >= 11 is 17.7. The zero-order valence-electron chi connectivity index (χ0n) is 8.05. The van der Waals surface area contributed by atoms with Crippen molar-refractivity contribution in [3.8, 4) is 16.9 Å². The minimum atomic E-state index is 0.0217. The van der Waals surface area contributed by atoms with Gasteiger partial charge in [-0.15, -0.1) is 0 Å². The van der Waals surface area contributed by atoms with Crippen LogP contribution in [0.2, 0.25) is 15.1 Å². The number of phenols is 1. The van der Waals surface area contributed by atoms with E-state index >= 15 is 0 Å². The van der Waals surface area contributed by atoms with Crippen molar-refractivity contribution in [3.05, 3.63) is 51.5 Å². The molecule has 16 heavy (non-hydrogen) atoms. The van der Waals surface area contributed by atoms with Gasteiger partial charge in [-0.3, -0.25) is 0 Å². The lowest BCUT2D eigenvalue weighted by Crippen LogP contribution is -1.81. The zero-order valence-corrected chi connectivity index (χ0v) is 10.3. The molecule has 0 aliphatic heterocycles. The standard InChI is InChI=1S/C12H7Cl3O/c13-7-4-5-8(11(15)6-7)9-2-1-3-10(14)12(9)16/h1-6,16H. The Bertz CT molecular complexity index is 538. The number of phenolic OH excluding ortho intramolecular Hbond substituents is 1. The Morgan fingerprint density at radius 3 is 2.25 bits per heavy atom. The largest absolute Gasteiger partial charge is 0.506 e. The fraction of sp³-hybridized carbons (Fsp3) is 0. The van der Waals surface area contributed by atoms with Crippen molar-refractivity contribution in [2.24, 2.45) is 0 Å². The molecule has 0 fully saturated rings. The van der Waals surface area contributed by atoms with Crippen LogP contribution >= 0.6 is 34.8 Å². The highest BCUT2D eigenvalue weighted by molar-refractivity contribution is 6.37. The van der Waals surface area contributed by atoms with Gasteiger partial charge in [-0.05, 0) is 18.2 Å². The highest BCUT2D eigenvalue weighted by atomic mass is 35.5. The normalized spacial score (nSPS) is 10.4. The molecular formula is C12H7Cl3O. The first-order valence-electron chi connectivity index (χ1n) is 4.52. The molecule has 0 aromatic heterocycles. The first-order chi connectivity index (χ1) is 7.59. The van der Waals surface area contributed by atoms with E-state index in [1.54, 1.807) is 36.4 Å². The number of rotatable bonds is 1. The Morgan fingerprint density at radius 1 is 0.812 bits per heavy atom. The average molecular weight is 274 g/mol. The Kier molecular flexibility index (Phi) is 3.29. The van der Waals surface area contributed by atoms with Crippen LogP contribution in [0, 0.1) is 0 Å². The maximum Gasteiger partial charge on any atom is 0.142 e. The molecule has 2 aromatic carbocycles. The van der Waals surface area contributed by atoms with E-state index in [0.29, 0.717) is 26.2 Å². The number of hydrogen-bond donors (Lipinski definition) is 1. The average Bonchev–Trinajstić information content (AvgIpc) is 2.23. The summed E-state index contributed by atoms with van der Waals surface area (Å²) in [5.74, 6) is 0.0217. The third kappa shape index (κ3) is 2.12. The van der Waals surface area contributed by atoms with Crippen LogP contribution in [-0.4, -0.2) is 5.11 Å². The van der Waals surface area contributed by atoms with Gasteiger partial charge in [0, 0.05) is 16.1 Å². The summed E-state index contributed by atoms with van der Waals surface area (Å²) in [6.07, 6.45) is 0. The molecule has 0 spiro atoms. The van der Waals surface area contributed by atoms with Crippen LogP contribution in [0.3, 0.4) is 0 Å². The summed E-state index contributed by atoms with van der Waals surface area (Å²) in [5, 5.41) is 11.1. The van der Waals surface area contributed by atoms with Gasteiger partial charge in [0.25, 0.3) is 0 Å². The SMILES string of the molecule is Oc1c(Cl)cccc1-c1ccc(Cl)cc1Cl.